The highest BCUT2D eigenvalue weighted by atomic mass is 16.1. The van der Waals surface area contributed by atoms with Gasteiger partial charge in [-0.15, -0.1) is 0 Å². The van der Waals surface area contributed by atoms with Crippen LogP contribution in [0.4, 0.5) is 0 Å². The minimum Gasteiger partial charge on any atom is -0.299 e. The van der Waals surface area contributed by atoms with Crippen molar-refractivity contribution in [1.82, 2.24) is 0 Å². The van der Waals surface area contributed by atoms with Gasteiger partial charge in [-0.05, 0) is 30.6 Å². The van der Waals surface area contributed by atoms with E-state index >= 15 is 0 Å². The number of fused-ring (bicyclic) bond motifs is 1. The molecular formula is C11H18O. The fourth-order valence-electron chi connectivity index (χ4n) is 2.60. The third-order valence-electron chi connectivity index (χ3n) is 3.88. The Bertz CT molecular complexity index is 229. The van der Waals surface area contributed by atoms with Crippen molar-refractivity contribution in [3.05, 3.63) is 0 Å². The van der Waals surface area contributed by atoms with Gasteiger partial charge in [-0.3, -0.25) is 4.79 Å². The molecule has 2 atom stereocenters. The Morgan fingerprint density at radius 2 is 1.92 bits per heavy atom. The molecule has 0 aromatic heterocycles. The van der Waals surface area contributed by atoms with Crippen molar-refractivity contribution in [2.45, 2.75) is 46.5 Å². The van der Waals surface area contributed by atoms with Gasteiger partial charge in [0.05, 0.1) is 0 Å². The molecule has 0 aliphatic heterocycles. The summed E-state index contributed by atoms with van der Waals surface area (Å²) in [5, 5.41) is 0. The van der Waals surface area contributed by atoms with Crippen LogP contribution in [0.1, 0.15) is 46.5 Å². The first-order valence-corrected chi connectivity index (χ1v) is 4.97. The maximum absolute atomic E-state index is 11.7. The molecule has 12 heavy (non-hydrogen) atoms. The van der Waals surface area contributed by atoms with Gasteiger partial charge < -0.3 is 0 Å². The molecule has 2 rings (SSSR count). The van der Waals surface area contributed by atoms with E-state index in [0.717, 1.165) is 19.3 Å². The first kappa shape index (κ1) is 8.28. The predicted octanol–water partition coefficient (Wildman–Crippen LogP) is 2.79. The summed E-state index contributed by atoms with van der Waals surface area (Å²) >= 11 is 0. The molecule has 1 nitrogen and oxygen atoms in total. The first-order valence-electron chi connectivity index (χ1n) is 4.97. The lowest BCUT2D eigenvalue weighted by molar-refractivity contribution is -0.123. The normalized spacial score (nSPS) is 44.9. The van der Waals surface area contributed by atoms with Gasteiger partial charge in [0, 0.05) is 11.8 Å². The maximum atomic E-state index is 11.7. The van der Waals surface area contributed by atoms with Gasteiger partial charge >= 0.3 is 0 Å². The molecule has 2 aliphatic carbocycles. The molecule has 2 fully saturated rings. The minimum atomic E-state index is 0.105. The van der Waals surface area contributed by atoms with E-state index in [0.29, 0.717) is 17.1 Å². The standard InChI is InChI=1S/C11H18O/c1-10(2)5-4-9(12)11(3)7-8(11)6-10/h8H,4-7H2,1-3H3/t8-,11-/m1/s1. The highest BCUT2D eigenvalue weighted by Crippen LogP contribution is 2.60. The van der Waals surface area contributed by atoms with E-state index in [4.69, 9.17) is 0 Å². The van der Waals surface area contributed by atoms with Crippen molar-refractivity contribution in [1.29, 1.82) is 0 Å². The topological polar surface area (TPSA) is 17.1 Å². The smallest absolute Gasteiger partial charge is 0.139 e. The van der Waals surface area contributed by atoms with Crippen LogP contribution in [0.2, 0.25) is 0 Å². The molecule has 0 amide bonds. The molecule has 0 N–H and O–H groups in total. The van der Waals surface area contributed by atoms with Gasteiger partial charge in [0.25, 0.3) is 0 Å². The Morgan fingerprint density at radius 3 is 2.58 bits per heavy atom. The van der Waals surface area contributed by atoms with Crippen LogP contribution in [-0.2, 0) is 4.79 Å². The van der Waals surface area contributed by atoms with Crippen LogP contribution >= 0.6 is 0 Å². The summed E-state index contributed by atoms with van der Waals surface area (Å²) in [7, 11) is 0. The summed E-state index contributed by atoms with van der Waals surface area (Å²) < 4.78 is 0. The van der Waals surface area contributed by atoms with Crippen molar-refractivity contribution >= 4 is 5.78 Å². The van der Waals surface area contributed by atoms with Crippen molar-refractivity contribution in [3.63, 3.8) is 0 Å². The van der Waals surface area contributed by atoms with E-state index in [1.165, 1.54) is 6.42 Å². The number of carbonyl (C=O) groups is 1. The van der Waals surface area contributed by atoms with Crippen molar-refractivity contribution < 1.29 is 4.79 Å². The summed E-state index contributed by atoms with van der Waals surface area (Å²) in [6.07, 6.45) is 4.34. The zero-order chi connectivity index (χ0) is 8.98. The van der Waals surface area contributed by atoms with Crippen LogP contribution in [0.5, 0.6) is 0 Å². The lowest BCUT2D eigenvalue weighted by Crippen LogP contribution is -2.12. The fourth-order valence-corrected chi connectivity index (χ4v) is 2.60. The summed E-state index contributed by atoms with van der Waals surface area (Å²) in [5.41, 5.74) is 0.516. The maximum Gasteiger partial charge on any atom is 0.139 e. The zero-order valence-corrected chi connectivity index (χ0v) is 8.31. The lowest BCUT2D eigenvalue weighted by atomic mass is 9.84. The van der Waals surface area contributed by atoms with E-state index in [-0.39, 0.29) is 5.41 Å². The molecule has 0 spiro atoms. The van der Waals surface area contributed by atoms with E-state index in [1.54, 1.807) is 0 Å². The molecule has 0 heterocycles. The number of ketones is 1. The fraction of sp³-hybridized carbons (Fsp3) is 0.909. The van der Waals surface area contributed by atoms with Crippen LogP contribution < -0.4 is 0 Å². The third-order valence-corrected chi connectivity index (χ3v) is 3.88. The molecule has 0 radical (unpaired) electrons. The van der Waals surface area contributed by atoms with Crippen LogP contribution in [0.25, 0.3) is 0 Å². The molecule has 2 saturated carbocycles. The van der Waals surface area contributed by atoms with E-state index in [1.807, 2.05) is 0 Å². The van der Waals surface area contributed by atoms with Gasteiger partial charge in [-0.25, -0.2) is 0 Å². The molecule has 68 valence electrons. The van der Waals surface area contributed by atoms with Gasteiger partial charge in [-0.2, -0.15) is 0 Å². The number of rotatable bonds is 0. The average Bonchev–Trinajstić information content (AvgIpc) is 2.57. The molecule has 0 aromatic carbocycles. The highest BCUT2D eigenvalue weighted by Gasteiger charge is 2.57. The third kappa shape index (κ3) is 1.10. The van der Waals surface area contributed by atoms with Gasteiger partial charge in [0.15, 0.2) is 0 Å². The Labute approximate surface area is 74.5 Å². The molecule has 0 bridgehead atoms. The van der Waals surface area contributed by atoms with Gasteiger partial charge in [0.1, 0.15) is 5.78 Å². The van der Waals surface area contributed by atoms with E-state index < -0.39 is 0 Å². The Morgan fingerprint density at radius 1 is 1.25 bits per heavy atom. The summed E-state index contributed by atoms with van der Waals surface area (Å²) in [5.74, 6) is 1.24. The van der Waals surface area contributed by atoms with Crippen LogP contribution in [0.3, 0.4) is 0 Å². The molecular weight excluding hydrogens is 148 g/mol. The van der Waals surface area contributed by atoms with Crippen molar-refractivity contribution in [2.75, 3.05) is 0 Å². The van der Waals surface area contributed by atoms with Crippen molar-refractivity contribution in [2.24, 2.45) is 16.7 Å². The van der Waals surface area contributed by atoms with Gasteiger partial charge in [-0.1, -0.05) is 20.8 Å². The predicted molar refractivity (Wildman–Crippen MR) is 48.9 cm³/mol. The Kier molecular flexibility index (Phi) is 1.47. The van der Waals surface area contributed by atoms with Crippen LogP contribution in [0, 0.1) is 16.7 Å². The van der Waals surface area contributed by atoms with Crippen molar-refractivity contribution in [3.8, 4) is 0 Å². The molecule has 0 aromatic rings. The number of carbonyl (C=O) groups excluding carboxylic acids is 1. The van der Waals surface area contributed by atoms with E-state index in [2.05, 4.69) is 20.8 Å². The summed E-state index contributed by atoms with van der Waals surface area (Å²) in [4.78, 5) is 11.7. The average molecular weight is 166 g/mol. The number of hydrogen-bond donors (Lipinski definition) is 0. The second-order valence-corrected chi connectivity index (χ2v) is 5.61. The Hall–Kier alpha value is -0.330. The molecule has 1 heteroatoms. The lowest BCUT2D eigenvalue weighted by Gasteiger charge is -2.21. The monoisotopic (exact) mass is 166 g/mol. The second kappa shape index (κ2) is 2.12. The minimum absolute atomic E-state index is 0.105. The molecule has 0 unspecified atom stereocenters. The van der Waals surface area contributed by atoms with Crippen LogP contribution in [-0.4, -0.2) is 5.78 Å². The number of Topliss-reactive ketones (excluding diaryl/α,β-unsaturated/α-hetero) is 1. The summed E-state index contributed by atoms with van der Waals surface area (Å²) in [6, 6.07) is 0. The number of hydrogen-bond acceptors (Lipinski definition) is 1. The quantitative estimate of drug-likeness (QED) is 0.541. The largest absolute Gasteiger partial charge is 0.299 e. The summed E-state index contributed by atoms with van der Waals surface area (Å²) in [6.45, 7) is 6.75. The van der Waals surface area contributed by atoms with Gasteiger partial charge in [0.2, 0.25) is 0 Å². The Balaban J connectivity index is 2.18. The molecule has 2 aliphatic rings. The van der Waals surface area contributed by atoms with E-state index in [9.17, 15) is 4.79 Å². The highest BCUT2D eigenvalue weighted by molar-refractivity contribution is 5.87. The SMILES string of the molecule is CC1(C)CCC(=O)[C@]2(C)C[C@H]2C1. The first-order chi connectivity index (χ1) is 5.44. The zero-order valence-electron chi connectivity index (χ0n) is 8.31. The second-order valence-electron chi connectivity index (χ2n) is 5.61. The van der Waals surface area contributed by atoms with Crippen LogP contribution in [0.15, 0.2) is 0 Å². The molecule has 0 saturated heterocycles.